The molecule has 5 heteroatoms. The van der Waals surface area contributed by atoms with E-state index in [1.165, 1.54) is 29.8 Å². The minimum Gasteiger partial charge on any atom is -0.429 e. The van der Waals surface area contributed by atoms with Crippen LogP contribution in [0.15, 0.2) is 85.0 Å². The molecule has 158 valence electrons. The van der Waals surface area contributed by atoms with E-state index in [1.54, 1.807) is 0 Å². The maximum Gasteiger partial charge on any atom is 0.425 e. The van der Waals surface area contributed by atoms with E-state index in [-0.39, 0.29) is 5.75 Å². The van der Waals surface area contributed by atoms with Gasteiger partial charge >= 0.3 is 6.11 Å². The van der Waals surface area contributed by atoms with Gasteiger partial charge in [-0.2, -0.15) is 17.6 Å². The summed E-state index contributed by atoms with van der Waals surface area (Å²) >= 11 is 0. The zero-order valence-corrected chi connectivity index (χ0v) is 16.8. The number of halogens is 4. The Balaban J connectivity index is 1.66. The molecule has 0 amide bonds. The summed E-state index contributed by atoms with van der Waals surface area (Å²) in [4.78, 5) is 0. The minimum absolute atomic E-state index is 0.234. The Hall–Kier alpha value is -3.52. The number of hydrogen-bond donors (Lipinski definition) is 0. The molecule has 0 saturated carbocycles. The van der Waals surface area contributed by atoms with Crippen LogP contribution in [0.25, 0.3) is 11.1 Å². The van der Waals surface area contributed by atoms with Crippen molar-refractivity contribution in [2.75, 3.05) is 0 Å². The highest BCUT2D eigenvalue weighted by molar-refractivity contribution is 5.64. The zero-order chi connectivity index (χ0) is 22.3. The van der Waals surface area contributed by atoms with Gasteiger partial charge in [0.25, 0.3) is 6.08 Å². The average Bonchev–Trinajstić information content (AvgIpc) is 2.73. The van der Waals surface area contributed by atoms with Crippen LogP contribution in [-0.4, -0.2) is 6.11 Å². The Morgan fingerprint density at radius 2 is 1.29 bits per heavy atom. The molecule has 0 saturated heterocycles. The van der Waals surface area contributed by atoms with Crippen LogP contribution < -0.4 is 4.74 Å². The normalized spacial score (nSPS) is 10.7. The number of ether oxygens (including phenoxy) is 1. The number of rotatable bonds is 6. The molecule has 0 fully saturated rings. The largest absolute Gasteiger partial charge is 0.429 e. The van der Waals surface area contributed by atoms with Crippen LogP contribution in [0.2, 0.25) is 0 Å². The first-order valence-corrected chi connectivity index (χ1v) is 9.77. The fraction of sp³-hybridized carbons (Fsp3) is 0.154. The summed E-state index contributed by atoms with van der Waals surface area (Å²) in [6.45, 7) is 2.16. The van der Waals surface area contributed by atoms with Crippen molar-refractivity contribution in [3.63, 3.8) is 0 Å². The molecule has 0 atom stereocenters. The van der Waals surface area contributed by atoms with Gasteiger partial charge in [-0.1, -0.05) is 61.6 Å². The van der Waals surface area contributed by atoms with Crippen molar-refractivity contribution in [1.29, 1.82) is 0 Å². The van der Waals surface area contributed by atoms with Crippen LogP contribution >= 0.6 is 0 Å². The van der Waals surface area contributed by atoms with E-state index in [4.69, 9.17) is 0 Å². The molecule has 0 N–H and O–H groups in total. The molecule has 3 aromatic carbocycles. The summed E-state index contributed by atoms with van der Waals surface area (Å²) in [6, 6.07) is 21.8. The predicted molar refractivity (Wildman–Crippen MR) is 114 cm³/mol. The molecule has 0 radical (unpaired) electrons. The Labute approximate surface area is 179 Å². The maximum atomic E-state index is 13.2. The van der Waals surface area contributed by atoms with Gasteiger partial charge in [-0.3, -0.25) is 0 Å². The van der Waals surface area contributed by atoms with E-state index in [1.807, 2.05) is 24.3 Å². The van der Waals surface area contributed by atoms with Gasteiger partial charge in [0.15, 0.2) is 0 Å². The van der Waals surface area contributed by atoms with Gasteiger partial charge in [-0.15, -0.1) is 0 Å². The lowest BCUT2D eigenvalue weighted by Gasteiger charge is -2.13. The molecule has 0 aliphatic heterocycles. The van der Waals surface area contributed by atoms with E-state index >= 15 is 0 Å². The molecule has 0 aromatic heterocycles. The molecule has 0 unspecified atom stereocenters. The molecule has 1 nitrogen and oxygen atoms in total. The fourth-order valence-electron chi connectivity index (χ4n) is 2.96. The van der Waals surface area contributed by atoms with Crippen molar-refractivity contribution >= 4 is 0 Å². The summed E-state index contributed by atoms with van der Waals surface area (Å²) in [6.07, 6.45) is -4.94. The Morgan fingerprint density at radius 3 is 1.77 bits per heavy atom. The van der Waals surface area contributed by atoms with E-state index in [9.17, 15) is 17.6 Å². The van der Waals surface area contributed by atoms with Crippen LogP contribution in [0.4, 0.5) is 17.6 Å². The molecule has 0 heterocycles. The van der Waals surface area contributed by atoms with E-state index in [2.05, 4.69) is 47.8 Å². The minimum atomic E-state index is -4.08. The monoisotopic (exact) mass is 424 g/mol. The summed E-state index contributed by atoms with van der Waals surface area (Å²) in [7, 11) is 0. The molecule has 0 aliphatic rings. The van der Waals surface area contributed by atoms with Crippen LogP contribution in [0.1, 0.15) is 30.0 Å². The molecular weight excluding hydrogens is 404 g/mol. The van der Waals surface area contributed by atoms with Gasteiger partial charge < -0.3 is 4.74 Å². The van der Waals surface area contributed by atoms with Gasteiger partial charge in [0.2, 0.25) is 0 Å². The molecule has 31 heavy (non-hydrogen) atoms. The van der Waals surface area contributed by atoms with Crippen molar-refractivity contribution in [3.05, 3.63) is 102 Å². The maximum absolute atomic E-state index is 13.2. The molecule has 0 spiro atoms. The first-order chi connectivity index (χ1) is 14.8. The summed E-state index contributed by atoms with van der Waals surface area (Å²) < 4.78 is 54.7. The second-order valence-corrected chi connectivity index (χ2v) is 6.90. The van der Waals surface area contributed by atoms with Crippen LogP contribution in [0, 0.1) is 11.8 Å². The lowest BCUT2D eigenvalue weighted by Crippen LogP contribution is -2.21. The summed E-state index contributed by atoms with van der Waals surface area (Å²) in [5.41, 5.74) is 4.93. The second kappa shape index (κ2) is 9.99. The lowest BCUT2D eigenvalue weighted by molar-refractivity contribution is -0.133. The lowest BCUT2D eigenvalue weighted by atomic mass is 10.0. The highest BCUT2D eigenvalue weighted by Crippen LogP contribution is 2.25. The molecule has 0 aliphatic carbocycles. The number of aryl methyl sites for hydroxylation is 1. The second-order valence-electron chi connectivity index (χ2n) is 6.90. The van der Waals surface area contributed by atoms with Crippen LogP contribution in [0.3, 0.4) is 0 Å². The molecule has 3 aromatic rings. The van der Waals surface area contributed by atoms with Crippen LogP contribution in [-0.2, 0) is 6.42 Å². The molecule has 3 rings (SSSR count). The van der Waals surface area contributed by atoms with Gasteiger partial charge in [0.05, 0.1) is 6.08 Å². The highest BCUT2D eigenvalue weighted by atomic mass is 19.3. The third-order valence-corrected chi connectivity index (χ3v) is 4.45. The number of alkyl halides is 2. The molecular formula is C26H20F4O. The smallest absolute Gasteiger partial charge is 0.425 e. The highest BCUT2D eigenvalue weighted by Gasteiger charge is 2.30. The van der Waals surface area contributed by atoms with E-state index in [0.717, 1.165) is 29.5 Å². The summed E-state index contributed by atoms with van der Waals surface area (Å²) in [5.74, 6) is 5.72. The molecule has 0 bridgehead atoms. The number of benzene rings is 3. The third kappa shape index (κ3) is 6.75. The third-order valence-electron chi connectivity index (χ3n) is 4.45. The van der Waals surface area contributed by atoms with Crippen molar-refractivity contribution in [1.82, 2.24) is 0 Å². The topological polar surface area (TPSA) is 9.23 Å². The first kappa shape index (κ1) is 22.2. The Kier molecular flexibility index (Phi) is 7.15. The van der Waals surface area contributed by atoms with Gasteiger partial charge in [-0.25, -0.2) is 0 Å². The first-order valence-electron chi connectivity index (χ1n) is 9.77. The van der Waals surface area contributed by atoms with Gasteiger partial charge in [-0.05, 0) is 59.5 Å². The Morgan fingerprint density at radius 1 is 0.806 bits per heavy atom. The summed E-state index contributed by atoms with van der Waals surface area (Å²) in [5, 5.41) is 0. The number of hydrogen-bond acceptors (Lipinski definition) is 1. The van der Waals surface area contributed by atoms with E-state index in [0.29, 0.717) is 5.56 Å². The standard InChI is InChI=1S/C26H20F4O/c1-2-3-19-6-12-22(13-7-19)23-14-8-20(9-15-23)4-5-21-10-16-24(17-11-21)31-26(29,30)18-25(27)28/h6-18H,2-3H2,1H3. The average molecular weight is 424 g/mol. The fourth-order valence-corrected chi connectivity index (χ4v) is 2.96. The Bertz CT molecular complexity index is 1080. The predicted octanol–water partition coefficient (Wildman–Crippen LogP) is 7.46. The van der Waals surface area contributed by atoms with Crippen molar-refractivity contribution in [3.8, 4) is 28.7 Å². The SMILES string of the molecule is CCCc1ccc(-c2ccc(C#Cc3ccc(OC(F)(F)C=C(F)F)cc3)cc2)cc1. The quantitative estimate of drug-likeness (QED) is 0.295. The zero-order valence-electron chi connectivity index (χ0n) is 16.8. The van der Waals surface area contributed by atoms with Gasteiger partial charge in [0.1, 0.15) is 5.75 Å². The van der Waals surface area contributed by atoms with Crippen molar-refractivity contribution in [2.24, 2.45) is 0 Å². The van der Waals surface area contributed by atoms with Crippen LogP contribution in [0.5, 0.6) is 5.75 Å². The van der Waals surface area contributed by atoms with Crippen molar-refractivity contribution in [2.45, 2.75) is 25.9 Å². The van der Waals surface area contributed by atoms with Gasteiger partial charge in [0, 0.05) is 11.1 Å². The van der Waals surface area contributed by atoms with Crippen molar-refractivity contribution < 1.29 is 22.3 Å². The van der Waals surface area contributed by atoms with E-state index < -0.39 is 18.3 Å².